The molecular weight excluding hydrogens is 272 g/mol. The van der Waals surface area contributed by atoms with Crippen LogP contribution in [0.3, 0.4) is 0 Å². The van der Waals surface area contributed by atoms with E-state index < -0.39 is 0 Å². The Kier molecular flexibility index (Phi) is 3.64. The summed E-state index contributed by atoms with van der Waals surface area (Å²) in [7, 11) is 0. The van der Waals surface area contributed by atoms with E-state index in [-0.39, 0.29) is 12.1 Å². The molecule has 3 rings (SSSR count). The topological polar surface area (TPSA) is 66.9 Å². The second-order valence-electron chi connectivity index (χ2n) is 5.00. The average Bonchev–Trinajstić information content (AvgIpc) is 3.21. The summed E-state index contributed by atoms with van der Waals surface area (Å²) >= 11 is 1.37. The molecule has 104 valence electrons. The highest BCUT2D eigenvalue weighted by Gasteiger charge is 2.29. The largest absolute Gasteiger partial charge is 0.335 e. The van der Waals surface area contributed by atoms with Crippen molar-refractivity contribution < 1.29 is 4.79 Å². The van der Waals surface area contributed by atoms with Crippen molar-refractivity contribution in [2.45, 2.75) is 25.8 Å². The molecule has 0 saturated heterocycles. The van der Waals surface area contributed by atoms with E-state index in [0.29, 0.717) is 11.0 Å². The van der Waals surface area contributed by atoms with Crippen LogP contribution in [0.1, 0.15) is 19.8 Å². The summed E-state index contributed by atoms with van der Waals surface area (Å²) in [6.07, 6.45) is 2.41. The van der Waals surface area contributed by atoms with Gasteiger partial charge in [0.15, 0.2) is 0 Å². The molecule has 1 atom stereocenters. The van der Waals surface area contributed by atoms with Crippen LogP contribution < -0.4 is 10.6 Å². The number of nitrogens with zero attached hydrogens (tertiary/aromatic N) is 2. The molecule has 2 amide bonds. The number of benzene rings is 1. The van der Waals surface area contributed by atoms with Gasteiger partial charge < -0.3 is 5.32 Å². The maximum absolute atomic E-state index is 11.8. The zero-order valence-corrected chi connectivity index (χ0v) is 12.0. The summed E-state index contributed by atoms with van der Waals surface area (Å²) in [4.78, 5) is 11.8. The first-order valence-corrected chi connectivity index (χ1v) is 7.50. The third kappa shape index (κ3) is 3.14. The minimum atomic E-state index is -0.208. The number of urea groups is 1. The second-order valence-corrected chi connectivity index (χ2v) is 5.98. The zero-order chi connectivity index (χ0) is 13.9. The van der Waals surface area contributed by atoms with Crippen molar-refractivity contribution >= 4 is 22.5 Å². The molecule has 0 spiro atoms. The molecule has 5 nitrogen and oxygen atoms in total. The lowest BCUT2D eigenvalue weighted by molar-refractivity contribution is 0.248. The molecule has 2 N–H and O–H groups in total. The fraction of sp³-hybridized carbons (Fsp3) is 0.357. The van der Waals surface area contributed by atoms with Gasteiger partial charge in [0.2, 0.25) is 5.13 Å². The van der Waals surface area contributed by atoms with Crippen molar-refractivity contribution in [3.05, 3.63) is 30.3 Å². The quantitative estimate of drug-likeness (QED) is 0.908. The zero-order valence-electron chi connectivity index (χ0n) is 11.2. The van der Waals surface area contributed by atoms with Gasteiger partial charge in [-0.1, -0.05) is 41.7 Å². The Morgan fingerprint density at radius 2 is 2.05 bits per heavy atom. The predicted octanol–water partition coefficient (Wildman–Crippen LogP) is 3.13. The Morgan fingerprint density at radius 1 is 1.30 bits per heavy atom. The maximum atomic E-state index is 11.8. The summed E-state index contributed by atoms with van der Waals surface area (Å²) in [5.74, 6) is 0.634. The molecule has 6 heteroatoms. The van der Waals surface area contributed by atoms with E-state index in [0.717, 1.165) is 10.6 Å². The van der Waals surface area contributed by atoms with Crippen LogP contribution in [0.4, 0.5) is 9.93 Å². The Bertz CT molecular complexity index is 594. The highest BCUT2D eigenvalue weighted by molar-refractivity contribution is 7.18. The van der Waals surface area contributed by atoms with Crippen molar-refractivity contribution in [2.24, 2.45) is 5.92 Å². The van der Waals surface area contributed by atoms with Crippen LogP contribution >= 0.6 is 11.3 Å². The molecule has 20 heavy (non-hydrogen) atoms. The van der Waals surface area contributed by atoms with Gasteiger partial charge in [0, 0.05) is 11.6 Å². The number of carbonyl (C=O) groups is 1. The SMILES string of the molecule is C[C@H](NC(=O)Nc1nnc(-c2ccccc2)s1)C1CC1. The lowest BCUT2D eigenvalue weighted by Crippen LogP contribution is -2.37. The standard InChI is InChI=1S/C14H16N4OS/c1-9(10-7-8-10)15-13(19)16-14-18-17-12(20-14)11-5-3-2-4-6-11/h2-6,9-10H,7-8H2,1H3,(H2,15,16,18,19)/t9-/m0/s1. The first kappa shape index (κ1) is 13.1. The van der Waals surface area contributed by atoms with E-state index in [1.54, 1.807) is 0 Å². The van der Waals surface area contributed by atoms with Crippen molar-refractivity contribution in [1.29, 1.82) is 0 Å². The van der Waals surface area contributed by atoms with Crippen LogP contribution in [0.2, 0.25) is 0 Å². The van der Waals surface area contributed by atoms with Crippen LogP contribution in [0.5, 0.6) is 0 Å². The van der Waals surface area contributed by atoms with E-state index in [2.05, 4.69) is 20.8 Å². The van der Waals surface area contributed by atoms with Crippen molar-refractivity contribution in [2.75, 3.05) is 5.32 Å². The molecule has 0 aliphatic heterocycles. The van der Waals surface area contributed by atoms with E-state index >= 15 is 0 Å². The molecule has 1 heterocycles. The molecule has 0 bridgehead atoms. The number of amides is 2. The Hall–Kier alpha value is -1.95. The van der Waals surface area contributed by atoms with Gasteiger partial charge in [-0.05, 0) is 25.7 Å². The molecule has 1 fully saturated rings. The normalized spacial score (nSPS) is 15.7. The van der Waals surface area contributed by atoms with Gasteiger partial charge in [-0.2, -0.15) is 0 Å². The minimum Gasteiger partial charge on any atom is -0.335 e. The molecule has 1 aliphatic rings. The summed E-state index contributed by atoms with van der Waals surface area (Å²) in [5.41, 5.74) is 1.00. The van der Waals surface area contributed by atoms with Crippen LogP contribution in [0.15, 0.2) is 30.3 Å². The third-order valence-corrected chi connectivity index (χ3v) is 4.24. The van der Waals surface area contributed by atoms with Gasteiger partial charge in [0.25, 0.3) is 0 Å². The number of nitrogens with one attached hydrogen (secondary N) is 2. The number of carbonyl (C=O) groups excluding carboxylic acids is 1. The summed E-state index contributed by atoms with van der Waals surface area (Å²) in [6.45, 7) is 2.03. The van der Waals surface area contributed by atoms with Crippen LogP contribution in [0.25, 0.3) is 10.6 Å². The monoisotopic (exact) mass is 288 g/mol. The molecule has 0 unspecified atom stereocenters. The van der Waals surface area contributed by atoms with E-state index in [4.69, 9.17) is 0 Å². The minimum absolute atomic E-state index is 0.208. The Balaban J connectivity index is 1.61. The molecular formula is C14H16N4OS. The maximum Gasteiger partial charge on any atom is 0.321 e. The number of rotatable bonds is 4. The summed E-state index contributed by atoms with van der Waals surface area (Å²) in [5, 5.41) is 15.1. The third-order valence-electron chi connectivity index (χ3n) is 3.35. The number of hydrogen-bond donors (Lipinski definition) is 2. The van der Waals surface area contributed by atoms with Gasteiger partial charge in [-0.25, -0.2) is 4.79 Å². The number of anilines is 1. The van der Waals surface area contributed by atoms with Crippen LogP contribution in [-0.4, -0.2) is 22.3 Å². The van der Waals surface area contributed by atoms with Gasteiger partial charge >= 0.3 is 6.03 Å². The first-order chi connectivity index (χ1) is 9.72. The molecule has 1 aromatic carbocycles. The fourth-order valence-corrected chi connectivity index (χ4v) is 2.77. The number of hydrogen-bond acceptors (Lipinski definition) is 4. The Labute approximate surface area is 121 Å². The van der Waals surface area contributed by atoms with Crippen molar-refractivity contribution in [3.63, 3.8) is 0 Å². The predicted molar refractivity (Wildman–Crippen MR) is 79.7 cm³/mol. The van der Waals surface area contributed by atoms with E-state index in [9.17, 15) is 4.79 Å². The summed E-state index contributed by atoms with van der Waals surface area (Å²) < 4.78 is 0. The van der Waals surface area contributed by atoms with Crippen LogP contribution in [0, 0.1) is 5.92 Å². The lowest BCUT2D eigenvalue weighted by Gasteiger charge is -2.11. The molecule has 1 aromatic heterocycles. The average molecular weight is 288 g/mol. The van der Waals surface area contributed by atoms with Crippen LogP contribution in [-0.2, 0) is 0 Å². The summed E-state index contributed by atoms with van der Waals surface area (Å²) in [6, 6.07) is 9.81. The highest BCUT2D eigenvalue weighted by atomic mass is 32.1. The smallest absolute Gasteiger partial charge is 0.321 e. The molecule has 0 radical (unpaired) electrons. The van der Waals surface area contributed by atoms with Gasteiger partial charge in [-0.15, -0.1) is 10.2 Å². The van der Waals surface area contributed by atoms with Gasteiger partial charge in [-0.3, -0.25) is 5.32 Å². The van der Waals surface area contributed by atoms with Crippen molar-refractivity contribution in [1.82, 2.24) is 15.5 Å². The molecule has 1 aliphatic carbocycles. The highest BCUT2D eigenvalue weighted by Crippen LogP contribution is 2.32. The first-order valence-electron chi connectivity index (χ1n) is 6.69. The lowest BCUT2D eigenvalue weighted by atomic mass is 10.2. The van der Waals surface area contributed by atoms with Crippen molar-refractivity contribution in [3.8, 4) is 10.6 Å². The Morgan fingerprint density at radius 3 is 2.75 bits per heavy atom. The van der Waals surface area contributed by atoms with E-state index in [1.165, 1.54) is 24.2 Å². The van der Waals surface area contributed by atoms with Gasteiger partial charge in [0.05, 0.1) is 0 Å². The molecule has 1 saturated carbocycles. The number of aromatic nitrogens is 2. The van der Waals surface area contributed by atoms with Gasteiger partial charge in [0.1, 0.15) is 5.01 Å². The van der Waals surface area contributed by atoms with E-state index in [1.807, 2.05) is 37.3 Å². The fourth-order valence-electron chi connectivity index (χ4n) is 2.03. The second kappa shape index (κ2) is 5.58. The molecule has 2 aromatic rings.